The second kappa shape index (κ2) is 6.20. The highest BCUT2D eigenvalue weighted by Gasteiger charge is 2.34. The first-order chi connectivity index (χ1) is 11.7. The molecule has 1 aromatic carbocycles. The molecule has 4 rings (SSSR count). The summed E-state index contributed by atoms with van der Waals surface area (Å²) >= 11 is 0. The minimum absolute atomic E-state index is 0.0327. The minimum atomic E-state index is -0.466. The maximum Gasteiger partial charge on any atom is 0.257 e. The number of nitrogens with zero attached hydrogens (tertiary/aromatic N) is 4. The van der Waals surface area contributed by atoms with E-state index in [1.165, 1.54) is 5.56 Å². The van der Waals surface area contributed by atoms with E-state index in [2.05, 4.69) is 20.9 Å². The number of fused-ring (bicyclic) bond motifs is 1. The van der Waals surface area contributed by atoms with E-state index in [-0.39, 0.29) is 5.91 Å². The van der Waals surface area contributed by atoms with E-state index in [1.807, 2.05) is 30.0 Å². The lowest BCUT2D eigenvalue weighted by Gasteiger charge is -2.34. The summed E-state index contributed by atoms with van der Waals surface area (Å²) in [7, 11) is 0. The summed E-state index contributed by atoms with van der Waals surface area (Å²) in [6.07, 6.45) is 3.91. The topological polar surface area (TPSA) is 58.6 Å². The van der Waals surface area contributed by atoms with Gasteiger partial charge in [-0.3, -0.25) is 9.78 Å². The number of para-hydroxylation sites is 1. The second-order valence-electron chi connectivity index (χ2n) is 6.19. The molecule has 2 aromatic rings. The molecule has 1 amide bonds. The molecule has 1 saturated heterocycles. The summed E-state index contributed by atoms with van der Waals surface area (Å²) in [6, 6.07) is 8.08. The number of ether oxygens (including phenoxy) is 1. The number of carbonyl (C=O) groups is 1. The third kappa shape index (κ3) is 2.73. The molecule has 0 N–H and O–H groups in total. The minimum Gasteiger partial charge on any atom is -0.365 e. The van der Waals surface area contributed by atoms with Crippen molar-refractivity contribution in [1.82, 2.24) is 9.97 Å². The second-order valence-corrected chi connectivity index (χ2v) is 6.19. The number of hydrogen-bond donors (Lipinski definition) is 0. The number of morpholine rings is 1. The summed E-state index contributed by atoms with van der Waals surface area (Å²) in [5.41, 5.74) is 3.11. The van der Waals surface area contributed by atoms with Crippen LogP contribution in [0.25, 0.3) is 0 Å². The maximum absolute atomic E-state index is 12.9. The summed E-state index contributed by atoms with van der Waals surface area (Å²) in [5.74, 6) is 0.836. The first-order valence-corrected chi connectivity index (χ1v) is 8.27. The predicted octanol–water partition coefficient (Wildman–Crippen LogP) is 1.58. The van der Waals surface area contributed by atoms with Crippen LogP contribution < -0.4 is 9.80 Å². The van der Waals surface area contributed by atoms with E-state index in [0.717, 1.165) is 36.7 Å². The molecule has 1 unspecified atom stereocenters. The van der Waals surface area contributed by atoms with Crippen LogP contribution in [0.2, 0.25) is 0 Å². The lowest BCUT2D eigenvalue weighted by molar-refractivity contribution is -0.130. The van der Waals surface area contributed by atoms with Crippen molar-refractivity contribution in [2.75, 3.05) is 36.0 Å². The Bertz CT molecular complexity index is 764. The van der Waals surface area contributed by atoms with Crippen molar-refractivity contribution in [1.29, 1.82) is 0 Å². The van der Waals surface area contributed by atoms with Crippen molar-refractivity contribution in [2.45, 2.75) is 19.4 Å². The molecule has 0 bridgehead atoms. The lowest BCUT2D eigenvalue weighted by Crippen LogP contribution is -2.51. The fraction of sp³-hybridized carbons (Fsp3) is 0.389. The van der Waals surface area contributed by atoms with E-state index in [4.69, 9.17) is 4.74 Å². The van der Waals surface area contributed by atoms with Crippen LogP contribution in [0.1, 0.15) is 11.3 Å². The smallest absolute Gasteiger partial charge is 0.257 e. The van der Waals surface area contributed by atoms with Crippen LogP contribution in [-0.4, -0.2) is 48.2 Å². The monoisotopic (exact) mass is 324 g/mol. The molecule has 1 atom stereocenters. The summed E-state index contributed by atoms with van der Waals surface area (Å²) in [5, 5.41) is 0. The number of hydrogen-bond acceptors (Lipinski definition) is 5. The van der Waals surface area contributed by atoms with Gasteiger partial charge in [0, 0.05) is 25.0 Å². The van der Waals surface area contributed by atoms with Gasteiger partial charge in [-0.15, -0.1) is 0 Å². The number of aromatic nitrogens is 2. The molecule has 1 fully saturated rings. The van der Waals surface area contributed by atoms with Gasteiger partial charge in [-0.2, -0.15) is 0 Å². The van der Waals surface area contributed by atoms with Gasteiger partial charge in [0.2, 0.25) is 0 Å². The zero-order valence-electron chi connectivity index (χ0n) is 13.7. The van der Waals surface area contributed by atoms with Crippen molar-refractivity contribution in [3.05, 3.63) is 47.9 Å². The molecular formula is C18H20N4O2. The first kappa shape index (κ1) is 15.1. The SMILES string of the molecule is Cc1cncc(N2CCOC(C(=O)N3CCc4ccccc43)C2)n1. The van der Waals surface area contributed by atoms with Gasteiger partial charge >= 0.3 is 0 Å². The van der Waals surface area contributed by atoms with Gasteiger partial charge in [-0.25, -0.2) is 4.98 Å². The molecule has 2 aliphatic rings. The van der Waals surface area contributed by atoms with Crippen LogP contribution >= 0.6 is 0 Å². The average Bonchev–Trinajstić information content (AvgIpc) is 3.05. The number of anilines is 2. The van der Waals surface area contributed by atoms with Gasteiger partial charge < -0.3 is 14.5 Å². The van der Waals surface area contributed by atoms with E-state index >= 15 is 0 Å². The summed E-state index contributed by atoms with van der Waals surface area (Å²) in [6.45, 7) is 4.39. The molecule has 0 saturated carbocycles. The molecule has 6 heteroatoms. The van der Waals surface area contributed by atoms with Gasteiger partial charge in [0.25, 0.3) is 5.91 Å². The van der Waals surface area contributed by atoms with Crippen LogP contribution in [-0.2, 0) is 16.0 Å². The van der Waals surface area contributed by atoms with E-state index in [9.17, 15) is 4.79 Å². The Morgan fingerprint density at radius 1 is 1.25 bits per heavy atom. The summed E-state index contributed by atoms with van der Waals surface area (Å²) < 4.78 is 5.77. The molecule has 0 aliphatic carbocycles. The Morgan fingerprint density at radius 3 is 3.00 bits per heavy atom. The molecule has 24 heavy (non-hydrogen) atoms. The van der Waals surface area contributed by atoms with E-state index in [1.54, 1.807) is 12.4 Å². The van der Waals surface area contributed by atoms with Gasteiger partial charge in [0.1, 0.15) is 5.82 Å². The van der Waals surface area contributed by atoms with Crippen molar-refractivity contribution in [3.63, 3.8) is 0 Å². The number of amides is 1. The van der Waals surface area contributed by atoms with E-state index in [0.29, 0.717) is 13.2 Å². The van der Waals surface area contributed by atoms with Crippen LogP contribution in [0.4, 0.5) is 11.5 Å². The van der Waals surface area contributed by atoms with Crippen LogP contribution in [0.15, 0.2) is 36.7 Å². The summed E-state index contributed by atoms with van der Waals surface area (Å²) in [4.78, 5) is 25.6. The molecule has 6 nitrogen and oxygen atoms in total. The molecule has 2 aliphatic heterocycles. The molecule has 0 radical (unpaired) electrons. The number of aryl methyl sites for hydroxylation is 1. The van der Waals surface area contributed by atoms with Gasteiger partial charge in [-0.05, 0) is 25.0 Å². The third-order valence-electron chi connectivity index (χ3n) is 4.56. The van der Waals surface area contributed by atoms with Crippen LogP contribution in [0, 0.1) is 6.92 Å². The standard InChI is InChI=1S/C18H20N4O2/c1-13-10-19-11-17(20-13)21-8-9-24-16(12-21)18(23)22-7-6-14-4-2-3-5-15(14)22/h2-5,10-11,16H,6-9,12H2,1H3. The number of rotatable bonds is 2. The highest BCUT2D eigenvalue weighted by molar-refractivity contribution is 5.98. The molecule has 0 spiro atoms. The van der Waals surface area contributed by atoms with Gasteiger partial charge in [0.15, 0.2) is 6.10 Å². The van der Waals surface area contributed by atoms with Crippen LogP contribution in [0.5, 0.6) is 0 Å². The van der Waals surface area contributed by atoms with Crippen molar-refractivity contribution in [3.8, 4) is 0 Å². The normalized spacial score (nSPS) is 20.1. The first-order valence-electron chi connectivity index (χ1n) is 8.27. The predicted molar refractivity (Wildman–Crippen MR) is 91.2 cm³/mol. The highest BCUT2D eigenvalue weighted by Crippen LogP contribution is 2.29. The van der Waals surface area contributed by atoms with Crippen molar-refractivity contribution < 1.29 is 9.53 Å². The Hall–Kier alpha value is -2.47. The third-order valence-corrected chi connectivity index (χ3v) is 4.56. The van der Waals surface area contributed by atoms with Gasteiger partial charge in [-0.1, -0.05) is 18.2 Å². The Balaban J connectivity index is 1.51. The van der Waals surface area contributed by atoms with Gasteiger partial charge in [0.05, 0.1) is 25.0 Å². The lowest BCUT2D eigenvalue weighted by atomic mass is 10.2. The molecule has 3 heterocycles. The maximum atomic E-state index is 12.9. The fourth-order valence-electron chi connectivity index (χ4n) is 3.35. The molecule has 124 valence electrons. The van der Waals surface area contributed by atoms with Crippen molar-refractivity contribution >= 4 is 17.4 Å². The zero-order chi connectivity index (χ0) is 16.5. The number of benzene rings is 1. The van der Waals surface area contributed by atoms with Crippen LogP contribution in [0.3, 0.4) is 0 Å². The Kier molecular flexibility index (Phi) is 3.90. The van der Waals surface area contributed by atoms with Crippen molar-refractivity contribution in [2.24, 2.45) is 0 Å². The average molecular weight is 324 g/mol. The fourth-order valence-corrected chi connectivity index (χ4v) is 3.35. The quantitative estimate of drug-likeness (QED) is 0.839. The number of carbonyl (C=O) groups excluding carboxylic acids is 1. The zero-order valence-corrected chi connectivity index (χ0v) is 13.7. The van der Waals surface area contributed by atoms with E-state index < -0.39 is 6.10 Å². The Labute approximate surface area is 141 Å². The molecule has 1 aromatic heterocycles. The highest BCUT2D eigenvalue weighted by atomic mass is 16.5. The Morgan fingerprint density at radius 2 is 2.12 bits per heavy atom. The molecular weight excluding hydrogens is 304 g/mol. The largest absolute Gasteiger partial charge is 0.365 e.